The lowest BCUT2D eigenvalue weighted by Crippen LogP contribution is -2.10. The van der Waals surface area contributed by atoms with Crippen LogP contribution in [-0.4, -0.2) is 11.7 Å². The SMILES string of the molecule is CC1(CCCO)CCCC1. The maximum absolute atomic E-state index is 8.64. The molecule has 1 fully saturated rings. The summed E-state index contributed by atoms with van der Waals surface area (Å²) in [6.45, 7) is 2.73. The summed E-state index contributed by atoms with van der Waals surface area (Å²) in [5.74, 6) is 0. The molecule has 0 unspecified atom stereocenters. The maximum Gasteiger partial charge on any atom is 0.0431 e. The Kier molecular flexibility index (Phi) is 2.72. The van der Waals surface area contributed by atoms with Crippen LogP contribution in [0.4, 0.5) is 0 Å². The summed E-state index contributed by atoms with van der Waals surface area (Å²) in [5.41, 5.74) is 0.586. The molecule has 0 radical (unpaired) electrons. The molecule has 60 valence electrons. The first-order chi connectivity index (χ1) is 4.77. The van der Waals surface area contributed by atoms with E-state index in [1.807, 2.05) is 0 Å². The lowest BCUT2D eigenvalue weighted by molar-refractivity contribution is 0.232. The van der Waals surface area contributed by atoms with Crippen molar-refractivity contribution >= 4 is 0 Å². The van der Waals surface area contributed by atoms with Crippen molar-refractivity contribution in [3.8, 4) is 0 Å². The van der Waals surface area contributed by atoms with Gasteiger partial charge in [-0.05, 0) is 31.1 Å². The summed E-state index contributed by atoms with van der Waals surface area (Å²) in [6.07, 6.45) is 7.80. The average molecular weight is 142 g/mol. The van der Waals surface area contributed by atoms with Gasteiger partial charge in [-0.15, -0.1) is 0 Å². The minimum Gasteiger partial charge on any atom is -0.396 e. The second-order valence-corrected chi connectivity index (χ2v) is 3.84. The van der Waals surface area contributed by atoms with Gasteiger partial charge in [0.15, 0.2) is 0 Å². The van der Waals surface area contributed by atoms with Crippen molar-refractivity contribution in [2.75, 3.05) is 6.61 Å². The molecule has 1 aliphatic carbocycles. The van der Waals surface area contributed by atoms with Crippen LogP contribution in [0.15, 0.2) is 0 Å². The molecule has 0 aromatic rings. The van der Waals surface area contributed by atoms with Gasteiger partial charge in [-0.3, -0.25) is 0 Å². The minimum absolute atomic E-state index is 0.371. The third-order valence-electron chi connectivity index (χ3n) is 2.75. The molecule has 1 aliphatic rings. The van der Waals surface area contributed by atoms with Crippen molar-refractivity contribution in [1.82, 2.24) is 0 Å². The molecule has 1 saturated carbocycles. The first-order valence-electron chi connectivity index (χ1n) is 4.38. The van der Waals surface area contributed by atoms with E-state index >= 15 is 0 Å². The van der Waals surface area contributed by atoms with Crippen LogP contribution in [0.5, 0.6) is 0 Å². The van der Waals surface area contributed by atoms with Crippen molar-refractivity contribution in [3.05, 3.63) is 0 Å². The highest BCUT2D eigenvalue weighted by Crippen LogP contribution is 2.40. The highest BCUT2D eigenvalue weighted by Gasteiger charge is 2.27. The van der Waals surface area contributed by atoms with Crippen molar-refractivity contribution in [2.45, 2.75) is 45.4 Å². The van der Waals surface area contributed by atoms with E-state index in [1.54, 1.807) is 0 Å². The van der Waals surface area contributed by atoms with Crippen LogP contribution < -0.4 is 0 Å². The molecule has 0 amide bonds. The van der Waals surface area contributed by atoms with Crippen molar-refractivity contribution in [3.63, 3.8) is 0 Å². The van der Waals surface area contributed by atoms with Crippen molar-refractivity contribution in [2.24, 2.45) is 5.41 Å². The summed E-state index contributed by atoms with van der Waals surface area (Å²) >= 11 is 0. The Bertz CT molecular complexity index is 92.9. The largest absolute Gasteiger partial charge is 0.396 e. The Morgan fingerprint density at radius 2 is 1.90 bits per heavy atom. The summed E-state index contributed by atoms with van der Waals surface area (Å²) in [4.78, 5) is 0. The fraction of sp³-hybridized carbons (Fsp3) is 1.00. The van der Waals surface area contributed by atoms with Gasteiger partial charge in [0.2, 0.25) is 0 Å². The zero-order chi connectivity index (χ0) is 7.45. The van der Waals surface area contributed by atoms with E-state index in [9.17, 15) is 0 Å². The summed E-state index contributed by atoms with van der Waals surface area (Å²) in [5, 5.41) is 8.64. The predicted molar refractivity (Wildman–Crippen MR) is 42.9 cm³/mol. The molecule has 0 atom stereocenters. The van der Waals surface area contributed by atoms with Gasteiger partial charge in [0.25, 0.3) is 0 Å². The second-order valence-electron chi connectivity index (χ2n) is 3.84. The molecule has 0 aromatic carbocycles. The normalized spacial score (nSPS) is 23.4. The predicted octanol–water partition coefficient (Wildman–Crippen LogP) is 2.34. The Labute approximate surface area is 63.4 Å². The summed E-state index contributed by atoms with van der Waals surface area (Å²) in [6, 6.07) is 0. The van der Waals surface area contributed by atoms with E-state index in [0.717, 1.165) is 6.42 Å². The van der Waals surface area contributed by atoms with E-state index in [-0.39, 0.29) is 0 Å². The fourth-order valence-corrected chi connectivity index (χ4v) is 1.98. The molecule has 0 heterocycles. The second kappa shape index (κ2) is 3.38. The number of aliphatic hydroxyl groups excluding tert-OH is 1. The topological polar surface area (TPSA) is 20.2 Å². The molecule has 1 heteroatoms. The molecule has 0 saturated heterocycles. The third kappa shape index (κ3) is 1.98. The molecule has 0 aliphatic heterocycles. The van der Waals surface area contributed by atoms with E-state index in [0.29, 0.717) is 12.0 Å². The number of aliphatic hydroxyl groups is 1. The summed E-state index contributed by atoms with van der Waals surface area (Å²) in [7, 11) is 0. The molecule has 0 aromatic heterocycles. The standard InChI is InChI=1S/C9H18O/c1-9(7-4-8-10)5-2-3-6-9/h10H,2-8H2,1H3. The van der Waals surface area contributed by atoms with Gasteiger partial charge < -0.3 is 5.11 Å². The van der Waals surface area contributed by atoms with Crippen LogP contribution >= 0.6 is 0 Å². The Hall–Kier alpha value is -0.0400. The van der Waals surface area contributed by atoms with Crippen molar-refractivity contribution in [1.29, 1.82) is 0 Å². The molecule has 0 bridgehead atoms. The molecular weight excluding hydrogens is 124 g/mol. The van der Waals surface area contributed by atoms with Crippen molar-refractivity contribution < 1.29 is 5.11 Å². The number of rotatable bonds is 3. The Morgan fingerprint density at radius 3 is 2.40 bits per heavy atom. The Balaban J connectivity index is 2.22. The van der Waals surface area contributed by atoms with E-state index in [2.05, 4.69) is 6.92 Å². The zero-order valence-electron chi connectivity index (χ0n) is 6.90. The van der Waals surface area contributed by atoms with Gasteiger partial charge in [-0.2, -0.15) is 0 Å². The van der Waals surface area contributed by atoms with Crippen LogP contribution in [0.25, 0.3) is 0 Å². The Morgan fingerprint density at radius 1 is 1.30 bits per heavy atom. The quantitative estimate of drug-likeness (QED) is 0.641. The van der Waals surface area contributed by atoms with Gasteiger partial charge in [-0.1, -0.05) is 19.8 Å². The first-order valence-corrected chi connectivity index (χ1v) is 4.38. The highest BCUT2D eigenvalue weighted by molar-refractivity contribution is 4.79. The molecule has 0 spiro atoms. The smallest absolute Gasteiger partial charge is 0.0431 e. The van der Waals surface area contributed by atoms with Gasteiger partial charge in [0, 0.05) is 6.61 Å². The van der Waals surface area contributed by atoms with Gasteiger partial charge >= 0.3 is 0 Å². The van der Waals surface area contributed by atoms with Crippen LogP contribution in [0.2, 0.25) is 0 Å². The van der Waals surface area contributed by atoms with Gasteiger partial charge in [0.05, 0.1) is 0 Å². The summed E-state index contributed by atoms with van der Waals surface area (Å²) < 4.78 is 0. The van der Waals surface area contributed by atoms with Crippen LogP contribution in [-0.2, 0) is 0 Å². The van der Waals surface area contributed by atoms with Gasteiger partial charge in [0.1, 0.15) is 0 Å². The lowest BCUT2D eigenvalue weighted by atomic mass is 9.84. The van der Waals surface area contributed by atoms with Gasteiger partial charge in [-0.25, -0.2) is 0 Å². The number of hydrogen-bond acceptors (Lipinski definition) is 1. The van der Waals surface area contributed by atoms with E-state index in [1.165, 1.54) is 32.1 Å². The molecule has 1 N–H and O–H groups in total. The highest BCUT2D eigenvalue weighted by atomic mass is 16.2. The monoisotopic (exact) mass is 142 g/mol. The zero-order valence-corrected chi connectivity index (χ0v) is 6.90. The maximum atomic E-state index is 8.64. The third-order valence-corrected chi connectivity index (χ3v) is 2.75. The number of hydrogen-bond donors (Lipinski definition) is 1. The van der Waals surface area contributed by atoms with Crippen LogP contribution in [0.3, 0.4) is 0 Å². The molecule has 1 nitrogen and oxygen atoms in total. The molecule has 10 heavy (non-hydrogen) atoms. The van der Waals surface area contributed by atoms with Crippen LogP contribution in [0.1, 0.15) is 45.4 Å². The van der Waals surface area contributed by atoms with E-state index < -0.39 is 0 Å². The molecule has 1 rings (SSSR count). The minimum atomic E-state index is 0.371. The van der Waals surface area contributed by atoms with E-state index in [4.69, 9.17) is 5.11 Å². The average Bonchev–Trinajstić information content (AvgIpc) is 2.33. The fourth-order valence-electron chi connectivity index (χ4n) is 1.98. The van der Waals surface area contributed by atoms with Crippen LogP contribution in [0, 0.1) is 5.41 Å². The first kappa shape index (κ1) is 8.06. The molecular formula is C9H18O. The lowest BCUT2D eigenvalue weighted by Gasteiger charge is -2.22.